The van der Waals surface area contributed by atoms with Crippen LogP contribution in [0, 0.1) is 6.92 Å². The third kappa shape index (κ3) is 3.78. The van der Waals surface area contributed by atoms with Crippen LogP contribution in [0.1, 0.15) is 37.6 Å². The highest BCUT2D eigenvalue weighted by molar-refractivity contribution is 6.15. The van der Waals surface area contributed by atoms with Crippen molar-refractivity contribution in [2.75, 3.05) is 7.11 Å². The van der Waals surface area contributed by atoms with Gasteiger partial charge in [-0.1, -0.05) is 12.1 Å². The van der Waals surface area contributed by atoms with Crippen LogP contribution in [0.4, 0.5) is 0 Å². The molecule has 0 aliphatic carbocycles. The van der Waals surface area contributed by atoms with Gasteiger partial charge in [0.05, 0.1) is 24.5 Å². The summed E-state index contributed by atoms with van der Waals surface area (Å²) in [5, 5.41) is 0. The maximum atomic E-state index is 12.6. The van der Waals surface area contributed by atoms with Gasteiger partial charge in [0.2, 0.25) is 5.78 Å². The first-order valence-electron chi connectivity index (χ1n) is 8.97. The maximum Gasteiger partial charge on any atom is 0.337 e. The Morgan fingerprint density at radius 1 is 1.14 bits per heavy atom. The number of fused-ring (bicyclic) bond motifs is 1. The standard InChI is InChI=1S/C23H18O6/c1-14-10-18(28-13-15-5-7-16(8-6-15)23(25)26-2)12-19-21(14)22(24)20(29-19)11-17-4-3-9-27-17/h3-12H,13H2,1-2H3/b20-11-. The molecule has 1 aliphatic heterocycles. The smallest absolute Gasteiger partial charge is 0.337 e. The van der Waals surface area contributed by atoms with Crippen molar-refractivity contribution in [3.8, 4) is 11.5 Å². The van der Waals surface area contributed by atoms with E-state index in [4.69, 9.17) is 13.9 Å². The van der Waals surface area contributed by atoms with Crippen molar-refractivity contribution < 1.29 is 28.2 Å². The first kappa shape index (κ1) is 18.6. The monoisotopic (exact) mass is 390 g/mol. The number of carbonyl (C=O) groups is 2. The number of furan rings is 1. The second-order valence-corrected chi connectivity index (χ2v) is 6.55. The number of benzene rings is 2. The number of esters is 1. The third-order valence-electron chi connectivity index (χ3n) is 4.54. The van der Waals surface area contributed by atoms with Crippen molar-refractivity contribution in [2.45, 2.75) is 13.5 Å². The van der Waals surface area contributed by atoms with Gasteiger partial charge in [0.1, 0.15) is 23.9 Å². The number of hydrogen-bond donors (Lipinski definition) is 0. The SMILES string of the molecule is COC(=O)c1ccc(COc2cc(C)c3c(c2)O/C(=C\c2ccco2)C3=O)cc1. The Bertz CT molecular complexity index is 1090. The van der Waals surface area contributed by atoms with Gasteiger partial charge >= 0.3 is 5.97 Å². The normalized spacial score (nSPS) is 13.9. The summed E-state index contributed by atoms with van der Waals surface area (Å²) in [4.78, 5) is 24.1. The van der Waals surface area contributed by atoms with E-state index < -0.39 is 0 Å². The van der Waals surface area contributed by atoms with Gasteiger partial charge < -0.3 is 18.6 Å². The predicted molar refractivity (Wildman–Crippen MR) is 105 cm³/mol. The summed E-state index contributed by atoms with van der Waals surface area (Å²) < 4.78 is 21.5. The van der Waals surface area contributed by atoms with Gasteiger partial charge in [-0.15, -0.1) is 0 Å². The van der Waals surface area contributed by atoms with E-state index in [9.17, 15) is 9.59 Å². The number of ketones is 1. The average Bonchev–Trinajstić information content (AvgIpc) is 3.35. The topological polar surface area (TPSA) is 75.0 Å². The maximum absolute atomic E-state index is 12.6. The Hall–Kier alpha value is -3.80. The predicted octanol–water partition coefficient (Wildman–Crippen LogP) is 4.57. The molecule has 2 aromatic carbocycles. The lowest BCUT2D eigenvalue weighted by atomic mass is 10.0. The van der Waals surface area contributed by atoms with Gasteiger partial charge in [-0.25, -0.2) is 4.79 Å². The molecule has 0 saturated heterocycles. The molecule has 0 fully saturated rings. The molecule has 4 rings (SSSR count). The highest BCUT2D eigenvalue weighted by Crippen LogP contribution is 2.37. The van der Waals surface area contributed by atoms with Crippen LogP contribution in [0.2, 0.25) is 0 Å². The zero-order chi connectivity index (χ0) is 20.4. The van der Waals surface area contributed by atoms with Crippen LogP contribution in [0.3, 0.4) is 0 Å². The number of ether oxygens (including phenoxy) is 3. The van der Waals surface area contributed by atoms with Crippen molar-refractivity contribution in [1.82, 2.24) is 0 Å². The Kier molecular flexibility index (Phi) is 4.91. The Labute approximate surface area is 167 Å². The molecule has 0 amide bonds. The molecule has 0 spiro atoms. The van der Waals surface area contributed by atoms with Crippen LogP contribution < -0.4 is 9.47 Å². The van der Waals surface area contributed by atoms with Crippen molar-refractivity contribution in [3.63, 3.8) is 0 Å². The quantitative estimate of drug-likeness (QED) is 0.469. The molecule has 6 nitrogen and oxygen atoms in total. The minimum absolute atomic E-state index is 0.182. The minimum atomic E-state index is -0.382. The fourth-order valence-corrected chi connectivity index (χ4v) is 3.08. The lowest BCUT2D eigenvalue weighted by Crippen LogP contribution is -2.02. The molecule has 3 aromatic rings. The Balaban J connectivity index is 1.50. The van der Waals surface area contributed by atoms with E-state index in [1.165, 1.54) is 13.4 Å². The molecule has 0 bridgehead atoms. The summed E-state index contributed by atoms with van der Waals surface area (Å²) in [5.74, 6) is 1.25. The molecule has 1 aliphatic rings. The number of aryl methyl sites for hydroxylation is 1. The Morgan fingerprint density at radius 2 is 1.93 bits per heavy atom. The van der Waals surface area contributed by atoms with E-state index in [1.807, 2.05) is 6.92 Å². The van der Waals surface area contributed by atoms with Gasteiger partial charge in [0.15, 0.2) is 5.76 Å². The zero-order valence-electron chi connectivity index (χ0n) is 15.9. The number of allylic oxidation sites excluding steroid dienone is 1. The van der Waals surface area contributed by atoms with Gasteiger partial charge in [-0.05, 0) is 48.4 Å². The molecule has 2 heterocycles. The molecular formula is C23H18O6. The van der Waals surface area contributed by atoms with E-state index in [2.05, 4.69) is 4.74 Å². The third-order valence-corrected chi connectivity index (χ3v) is 4.54. The summed E-state index contributed by atoms with van der Waals surface area (Å²) in [7, 11) is 1.34. The fraction of sp³-hybridized carbons (Fsp3) is 0.130. The second kappa shape index (κ2) is 7.67. The number of carbonyl (C=O) groups excluding carboxylic acids is 2. The first-order chi connectivity index (χ1) is 14.0. The first-order valence-corrected chi connectivity index (χ1v) is 8.97. The van der Waals surface area contributed by atoms with E-state index >= 15 is 0 Å². The van der Waals surface area contributed by atoms with Gasteiger partial charge in [0.25, 0.3) is 0 Å². The summed E-state index contributed by atoms with van der Waals surface area (Å²) >= 11 is 0. The van der Waals surface area contributed by atoms with Gasteiger partial charge in [-0.3, -0.25) is 4.79 Å². The molecule has 1 aromatic heterocycles. The number of methoxy groups -OCH3 is 1. The van der Waals surface area contributed by atoms with Crippen molar-refractivity contribution >= 4 is 17.8 Å². The number of rotatable bonds is 5. The summed E-state index contributed by atoms with van der Waals surface area (Å²) in [6.07, 6.45) is 3.11. The van der Waals surface area contributed by atoms with E-state index in [1.54, 1.807) is 54.6 Å². The van der Waals surface area contributed by atoms with Gasteiger partial charge in [-0.2, -0.15) is 0 Å². The lowest BCUT2D eigenvalue weighted by Gasteiger charge is -2.09. The van der Waals surface area contributed by atoms with Crippen LogP contribution in [0.5, 0.6) is 11.5 Å². The summed E-state index contributed by atoms with van der Waals surface area (Å²) in [5.41, 5.74) is 2.67. The molecular weight excluding hydrogens is 372 g/mol. The second-order valence-electron chi connectivity index (χ2n) is 6.55. The zero-order valence-corrected chi connectivity index (χ0v) is 15.9. The highest BCUT2D eigenvalue weighted by Gasteiger charge is 2.30. The van der Waals surface area contributed by atoms with Crippen LogP contribution in [0.25, 0.3) is 6.08 Å². The van der Waals surface area contributed by atoms with Crippen molar-refractivity contribution in [3.05, 3.63) is 88.6 Å². The van der Waals surface area contributed by atoms with Crippen molar-refractivity contribution in [2.24, 2.45) is 0 Å². The molecule has 29 heavy (non-hydrogen) atoms. The molecule has 0 unspecified atom stereocenters. The lowest BCUT2D eigenvalue weighted by molar-refractivity contribution is 0.0600. The van der Waals surface area contributed by atoms with Crippen LogP contribution in [-0.2, 0) is 11.3 Å². The average molecular weight is 390 g/mol. The van der Waals surface area contributed by atoms with Crippen LogP contribution in [0.15, 0.2) is 65.0 Å². The summed E-state index contributed by atoms with van der Waals surface area (Å²) in [6, 6.07) is 14.0. The molecule has 0 atom stereocenters. The van der Waals surface area contributed by atoms with E-state index in [0.717, 1.165) is 11.1 Å². The highest BCUT2D eigenvalue weighted by atomic mass is 16.5. The van der Waals surface area contributed by atoms with E-state index in [-0.39, 0.29) is 17.5 Å². The molecule has 0 radical (unpaired) electrons. The molecule has 6 heteroatoms. The van der Waals surface area contributed by atoms with E-state index in [0.29, 0.717) is 35.0 Å². The number of hydrogen-bond acceptors (Lipinski definition) is 6. The van der Waals surface area contributed by atoms with Gasteiger partial charge in [0, 0.05) is 12.1 Å². The van der Waals surface area contributed by atoms with Crippen molar-refractivity contribution in [1.29, 1.82) is 0 Å². The summed E-state index contributed by atoms with van der Waals surface area (Å²) in [6.45, 7) is 2.15. The molecule has 0 saturated carbocycles. The fourth-order valence-electron chi connectivity index (χ4n) is 3.08. The number of Topliss-reactive ketones (excluding diaryl/α,β-unsaturated/α-hetero) is 1. The van der Waals surface area contributed by atoms with Crippen LogP contribution >= 0.6 is 0 Å². The molecule has 0 N–H and O–H groups in total. The Morgan fingerprint density at radius 3 is 2.62 bits per heavy atom. The molecule has 146 valence electrons. The largest absolute Gasteiger partial charge is 0.489 e. The van der Waals surface area contributed by atoms with Crippen LogP contribution in [-0.4, -0.2) is 18.9 Å². The minimum Gasteiger partial charge on any atom is -0.489 e.